The summed E-state index contributed by atoms with van der Waals surface area (Å²) in [5.41, 5.74) is -1.97. The summed E-state index contributed by atoms with van der Waals surface area (Å²) in [6.07, 6.45) is 0. The van der Waals surface area contributed by atoms with Crippen molar-refractivity contribution in [2.75, 3.05) is 0 Å². The van der Waals surface area contributed by atoms with E-state index >= 15 is 0 Å². The fourth-order valence-electron chi connectivity index (χ4n) is 0.584. The van der Waals surface area contributed by atoms with Crippen LogP contribution in [0.5, 0.6) is 0 Å². The molecule has 0 aliphatic carbocycles. The summed E-state index contributed by atoms with van der Waals surface area (Å²) in [5, 5.41) is 8.31. The molecule has 1 aromatic rings. The van der Waals surface area contributed by atoms with Gasteiger partial charge >= 0.3 is 11.7 Å². The molecule has 0 aromatic carbocycles. The van der Waals surface area contributed by atoms with Gasteiger partial charge in [0.15, 0.2) is 0 Å². The molecule has 0 aliphatic rings. The second kappa shape index (κ2) is 3.88. The third kappa shape index (κ3) is 2.36. The van der Waals surface area contributed by atoms with Crippen molar-refractivity contribution in [1.29, 1.82) is 0 Å². The average Bonchev–Trinajstić information content (AvgIpc) is 1.85. The molecule has 6 nitrogen and oxygen atoms in total. The largest absolute Gasteiger partial charge is 0.477 e. The van der Waals surface area contributed by atoms with Crippen LogP contribution in [0.15, 0.2) is 15.7 Å². The molecule has 0 fully saturated rings. The molecule has 0 spiro atoms. The summed E-state index contributed by atoms with van der Waals surface area (Å²) in [5.74, 6) is -1.34. The minimum atomic E-state index is -1.34. The van der Waals surface area contributed by atoms with Gasteiger partial charge in [0.05, 0.1) is 0 Å². The Balaban J connectivity index is 0.00000121. The number of rotatable bonds is 1. The standard InChI is InChI=1S/C5H4N2O4.Co/c8-3-1-2(4(9)10)6-5(11)7-3;/h1H,(H,9,10)(H2,6,7,8,11);. The third-order valence-electron chi connectivity index (χ3n) is 0.991. The van der Waals surface area contributed by atoms with Crippen molar-refractivity contribution in [1.82, 2.24) is 9.97 Å². The van der Waals surface area contributed by atoms with E-state index in [4.69, 9.17) is 5.11 Å². The van der Waals surface area contributed by atoms with E-state index in [2.05, 4.69) is 0 Å². The Morgan fingerprint density at radius 1 is 1.33 bits per heavy atom. The van der Waals surface area contributed by atoms with Gasteiger partial charge in [0.2, 0.25) is 0 Å². The van der Waals surface area contributed by atoms with Crippen LogP contribution in [0.3, 0.4) is 0 Å². The summed E-state index contributed by atoms with van der Waals surface area (Å²) < 4.78 is 0. The molecule has 1 heterocycles. The van der Waals surface area contributed by atoms with Crippen molar-refractivity contribution in [2.24, 2.45) is 0 Å². The molecule has 7 heteroatoms. The number of aromatic carboxylic acids is 1. The Labute approximate surface area is 75.8 Å². The molecule has 1 radical (unpaired) electrons. The van der Waals surface area contributed by atoms with Crippen molar-refractivity contribution in [3.05, 3.63) is 32.6 Å². The predicted molar refractivity (Wildman–Crippen MR) is 34.6 cm³/mol. The van der Waals surface area contributed by atoms with Crippen LogP contribution in [-0.4, -0.2) is 21.0 Å². The van der Waals surface area contributed by atoms with Crippen molar-refractivity contribution in [2.45, 2.75) is 0 Å². The smallest absolute Gasteiger partial charge is 0.352 e. The van der Waals surface area contributed by atoms with Crippen LogP contribution in [0.1, 0.15) is 10.5 Å². The number of aromatic nitrogens is 2. The van der Waals surface area contributed by atoms with Gasteiger partial charge in [-0.05, 0) is 0 Å². The van der Waals surface area contributed by atoms with E-state index in [1.54, 1.807) is 0 Å². The monoisotopic (exact) mass is 215 g/mol. The Hall–Kier alpha value is -1.34. The number of hydrogen-bond acceptors (Lipinski definition) is 3. The summed E-state index contributed by atoms with van der Waals surface area (Å²) in [6, 6.07) is 0.795. The van der Waals surface area contributed by atoms with Gasteiger partial charge in [-0.15, -0.1) is 0 Å². The quantitative estimate of drug-likeness (QED) is 0.545. The molecule has 0 saturated heterocycles. The van der Waals surface area contributed by atoms with Crippen molar-refractivity contribution < 1.29 is 26.7 Å². The van der Waals surface area contributed by atoms with Crippen LogP contribution in [-0.2, 0) is 16.8 Å². The molecule has 67 valence electrons. The maximum atomic E-state index is 10.5. The Kier molecular flexibility index (Phi) is 3.45. The van der Waals surface area contributed by atoms with E-state index in [-0.39, 0.29) is 16.8 Å². The molecule has 0 aliphatic heterocycles. The molecule has 0 unspecified atom stereocenters. The van der Waals surface area contributed by atoms with E-state index in [1.807, 2.05) is 9.97 Å². The Morgan fingerprint density at radius 2 is 1.92 bits per heavy atom. The normalized spacial score (nSPS) is 8.67. The Morgan fingerprint density at radius 3 is 2.33 bits per heavy atom. The summed E-state index contributed by atoms with van der Waals surface area (Å²) in [6.45, 7) is 0. The van der Waals surface area contributed by atoms with Gasteiger partial charge in [0.1, 0.15) is 5.69 Å². The fraction of sp³-hybridized carbons (Fsp3) is 0. The molecule has 1 aromatic heterocycles. The number of aromatic amines is 2. The van der Waals surface area contributed by atoms with Crippen LogP contribution in [0.2, 0.25) is 0 Å². The van der Waals surface area contributed by atoms with E-state index < -0.39 is 22.9 Å². The maximum absolute atomic E-state index is 10.5. The number of carboxylic acids is 1. The van der Waals surface area contributed by atoms with Crippen molar-refractivity contribution in [3.63, 3.8) is 0 Å². The predicted octanol–water partition coefficient (Wildman–Crippen LogP) is -1.24. The zero-order valence-corrected chi connectivity index (χ0v) is 6.62. The number of nitrogens with one attached hydrogen (secondary N) is 2. The van der Waals surface area contributed by atoms with Crippen molar-refractivity contribution in [3.8, 4) is 0 Å². The zero-order valence-electron chi connectivity index (χ0n) is 5.58. The van der Waals surface area contributed by atoms with Gasteiger partial charge in [-0.3, -0.25) is 9.78 Å². The van der Waals surface area contributed by atoms with E-state index in [1.165, 1.54) is 0 Å². The van der Waals surface area contributed by atoms with E-state index in [9.17, 15) is 14.4 Å². The fourth-order valence-corrected chi connectivity index (χ4v) is 0.584. The van der Waals surface area contributed by atoms with Gasteiger partial charge < -0.3 is 10.1 Å². The van der Waals surface area contributed by atoms with Gasteiger partial charge in [-0.2, -0.15) is 0 Å². The average molecular weight is 215 g/mol. The van der Waals surface area contributed by atoms with Gasteiger partial charge in [-0.1, -0.05) is 0 Å². The van der Waals surface area contributed by atoms with E-state index in [0.717, 1.165) is 6.07 Å². The first-order valence-electron chi connectivity index (χ1n) is 2.66. The van der Waals surface area contributed by atoms with Crippen LogP contribution < -0.4 is 11.2 Å². The van der Waals surface area contributed by atoms with Crippen LogP contribution in [0.25, 0.3) is 0 Å². The summed E-state index contributed by atoms with van der Waals surface area (Å²) >= 11 is 0. The number of carboxylic acid groups (broad SMARTS) is 1. The van der Waals surface area contributed by atoms with Crippen LogP contribution >= 0.6 is 0 Å². The number of hydrogen-bond donors (Lipinski definition) is 3. The minimum absolute atomic E-state index is 0. The first-order valence-corrected chi connectivity index (χ1v) is 2.66. The second-order valence-electron chi connectivity index (χ2n) is 1.81. The van der Waals surface area contributed by atoms with Crippen LogP contribution in [0, 0.1) is 0 Å². The number of carbonyl (C=O) groups is 1. The van der Waals surface area contributed by atoms with E-state index in [0.29, 0.717) is 0 Å². The summed E-state index contributed by atoms with van der Waals surface area (Å²) in [4.78, 5) is 34.9. The van der Waals surface area contributed by atoms with Crippen LogP contribution in [0.4, 0.5) is 0 Å². The van der Waals surface area contributed by atoms with Gasteiger partial charge in [0, 0.05) is 22.8 Å². The van der Waals surface area contributed by atoms with Gasteiger partial charge in [-0.25, -0.2) is 9.59 Å². The topological polar surface area (TPSA) is 103 Å². The molecular formula is C5H4CoN2O4. The first-order chi connectivity index (χ1) is 5.09. The minimum Gasteiger partial charge on any atom is -0.477 e. The molecule has 0 bridgehead atoms. The SMILES string of the molecule is O=C(O)c1cc(=O)[nH]c(=O)[nH]1.[Co]. The molecule has 3 N–H and O–H groups in total. The molecule has 0 amide bonds. The first kappa shape index (κ1) is 10.7. The second-order valence-corrected chi connectivity index (χ2v) is 1.81. The summed E-state index contributed by atoms with van der Waals surface area (Å²) in [7, 11) is 0. The molecule has 0 saturated carbocycles. The maximum Gasteiger partial charge on any atom is 0.352 e. The zero-order chi connectivity index (χ0) is 8.43. The molecule has 0 atom stereocenters. The Bertz CT molecular complexity index is 365. The third-order valence-corrected chi connectivity index (χ3v) is 0.991. The molecular weight excluding hydrogens is 211 g/mol. The molecule has 12 heavy (non-hydrogen) atoms. The number of H-pyrrole nitrogens is 2. The van der Waals surface area contributed by atoms with Crippen molar-refractivity contribution >= 4 is 5.97 Å². The molecule has 1 rings (SSSR count). The van der Waals surface area contributed by atoms with Gasteiger partial charge in [0.25, 0.3) is 5.56 Å².